The highest BCUT2D eigenvalue weighted by Gasteiger charge is 2.38. The fourth-order valence-electron chi connectivity index (χ4n) is 3.79. The molecule has 1 aromatic rings. The standard InChI is InChI=1S/C16H20N2O4/c1-22-15-7-6-12(10-14(15)18(20)21)16(19)17-9-8-11-4-2-3-5-13(11)17/h6-7,10-11,13H,2-5,8-9H2,1H3. The van der Waals surface area contributed by atoms with Gasteiger partial charge in [0.1, 0.15) is 0 Å². The number of carbonyl (C=O) groups excluding carboxylic acids is 1. The number of fused-ring (bicyclic) bond motifs is 1. The van der Waals surface area contributed by atoms with Gasteiger partial charge >= 0.3 is 5.69 Å². The molecule has 1 aromatic carbocycles. The number of hydrogen-bond donors (Lipinski definition) is 0. The average Bonchev–Trinajstić information content (AvgIpc) is 2.97. The van der Waals surface area contributed by atoms with Gasteiger partial charge < -0.3 is 9.64 Å². The predicted octanol–water partition coefficient (Wildman–Crippen LogP) is 3.01. The molecule has 1 saturated carbocycles. The molecule has 0 bridgehead atoms. The molecule has 3 rings (SSSR count). The van der Waals surface area contributed by atoms with Gasteiger partial charge in [0.05, 0.1) is 12.0 Å². The van der Waals surface area contributed by atoms with Crippen LogP contribution in [0.5, 0.6) is 5.75 Å². The first-order chi connectivity index (χ1) is 10.6. The lowest BCUT2D eigenvalue weighted by Crippen LogP contribution is -2.39. The number of amides is 1. The number of hydrogen-bond acceptors (Lipinski definition) is 4. The van der Waals surface area contributed by atoms with E-state index in [-0.39, 0.29) is 17.3 Å². The third-order valence-corrected chi connectivity index (χ3v) is 4.89. The summed E-state index contributed by atoms with van der Waals surface area (Å²) in [5, 5.41) is 11.1. The number of rotatable bonds is 3. The van der Waals surface area contributed by atoms with Crippen molar-refractivity contribution in [2.45, 2.75) is 38.1 Å². The molecule has 0 aromatic heterocycles. The van der Waals surface area contributed by atoms with E-state index >= 15 is 0 Å². The van der Waals surface area contributed by atoms with Crippen LogP contribution in [-0.2, 0) is 0 Å². The number of nitro groups is 1. The van der Waals surface area contributed by atoms with Crippen LogP contribution in [0.15, 0.2) is 18.2 Å². The maximum Gasteiger partial charge on any atom is 0.311 e. The molecule has 1 aliphatic heterocycles. The maximum atomic E-state index is 12.7. The zero-order valence-corrected chi connectivity index (χ0v) is 12.7. The summed E-state index contributed by atoms with van der Waals surface area (Å²) in [6, 6.07) is 4.75. The molecular formula is C16H20N2O4. The van der Waals surface area contributed by atoms with Crippen LogP contribution in [0, 0.1) is 16.0 Å². The van der Waals surface area contributed by atoms with Crippen molar-refractivity contribution in [3.8, 4) is 5.75 Å². The van der Waals surface area contributed by atoms with E-state index in [4.69, 9.17) is 4.74 Å². The molecular weight excluding hydrogens is 284 g/mol. The molecule has 1 heterocycles. The second-order valence-electron chi connectivity index (χ2n) is 6.04. The second kappa shape index (κ2) is 5.94. The van der Waals surface area contributed by atoms with Gasteiger partial charge in [0, 0.05) is 24.2 Å². The van der Waals surface area contributed by atoms with Crippen molar-refractivity contribution in [2.75, 3.05) is 13.7 Å². The molecule has 0 radical (unpaired) electrons. The molecule has 2 aliphatic rings. The SMILES string of the molecule is COc1ccc(C(=O)N2CCC3CCCCC32)cc1[N+](=O)[O-]. The van der Waals surface area contributed by atoms with Crippen molar-refractivity contribution < 1.29 is 14.5 Å². The van der Waals surface area contributed by atoms with E-state index in [2.05, 4.69) is 0 Å². The number of nitro benzene ring substituents is 1. The van der Waals surface area contributed by atoms with Gasteiger partial charge in [-0.05, 0) is 37.3 Å². The summed E-state index contributed by atoms with van der Waals surface area (Å²) in [7, 11) is 1.39. The van der Waals surface area contributed by atoms with Crippen molar-refractivity contribution >= 4 is 11.6 Å². The largest absolute Gasteiger partial charge is 0.490 e. The van der Waals surface area contributed by atoms with Gasteiger partial charge in [0.15, 0.2) is 5.75 Å². The van der Waals surface area contributed by atoms with Crippen LogP contribution in [0.4, 0.5) is 5.69 Å². The number of ether oxygens (including phenoxy) is 1. The molecule has 2 atom stereocenters. The molecule has 2 unspecified atom stereocenters. The summed E-state index contributed by atoms with van der Waals surface area (Å²) >= 11 is 0. The summed E-state index contributed by atoms with van der Waals surface area (Å²) in [4.78, 5) is 25.2. The van der Waals surface area contributed by atoms with E-state index in [1.54, 1.807) is 6.07 Å². The minimum atomic E-state index is -0.511. The second-order valence-corrected chi connectivity index (χ2v) is 6.04. The van der Waals surface area contributed by atoms with Gasteiger partial charge in [-0.15, -0.1) is 0 Å². The van der Waals surface area contributed by atoms with Gasteiger partial charge in [-0.3, -0.25) is 14.9 Å². The highest BCUT2D eigenvalue weighted by molar-refractivity contribution is 5.95. The highest BCUT2D eigenvalue weighted by atomic mass is 16.6. The molecule has 22 heavy (non-hydrogen) atoms. The van der Waals surface area contributed by atoms with Gasteiger partial charge in [0.2, 0.25) is 0 Å². The normalized spacial score (nSPS) is 24.0. The van der Waals surface area contributed by atoms with Crippen LogP contribution in [0.2, 0.25) is 0 Å². The van der Waals surface area contributed by atoms with Crippen molar-refractivity contribution in [3.05, 3.63) is 33.9 Å². The summed E-state index contributed by atoms with van der Waals surface area (Å²) in [6.07, 6.45) is 5.70. The molecule has 1 saturated heterocycles. The van der Waals surface area contributed by atoms with Crippen LogP contribution in [0.1, 0.15) is 42.5 Å². The monoisotopic (exact) mass is 304 g/mol. The number of benzene rings is 1. The minimum absolute atomic E-state index is 0.0971. The lowest BCUT2D eigenvalue weighted by molar-refractivity contribution is -0.385. The Kier molecular flexibility index (Phi) is 4.00. The van der Waals surface area contributed by atoms with Crippen LogP contribution in [0.25, 0.3) is 0 Å². The zero-order chi connectivity index (χ0) is 15.7. The van der Waals surface area contributed by atoms with E-state index < -0.39 is 4.92 Å². The first-order valence-corrected chi connectivity index (χ1v) is 7.75. The number of methoxy groups -OCH3 is 1. The Balaban J connectivity index is 1.86. The van der Waals surface area contributed by atoms with E-state index in [0.29, 0.717) is 17.5 Å². The molecule has 0 N–H and O–H groups in total. The van der Waals surface area contributed by atoms with Crippen LogP contribution < -0.4 is 4.74 Å². The van der Waals surface area contributed by atoms with Crippen molar-refractivity contribution in [1.82, 2.24) is 4.90 Å². The zero-order valence-electron chi connectivity index (χ0n) is 12.7. The summed E-state index contributed by atoms with van der Waals surface area (Å²) < 4.78 is 4.99. The Morgan fingerprint density at radius 3 is 2.82 bits per heavy atom. The van der Waals surface area contributed by atoms with Crippen molar-refractivity contribution in [2.24, 2.45) is 5.92 Å². The topological polar surface area (TPSA) is 72.7 Å². The minimum Gasteiger partial charge on any atom is -0.490 e. The van der Waals surface area contributed by atoms with Gasteiger partial charge in [-0.2, -0.15) is 0 Å². The highest BCUT2D eigenvalue weighted by Crippen LogP contribution is 2.37. The van der Waals surface area contributed by atoms with Crippen LogP contribution >= 0.6 is 0 Å². The van der Waals surface area contributed by atoms with Crippen molar-refractivity contribution in [1.29, 1.82) is 0 Å². The van der Waals surface area contributed by atoms with Crippen LogP contribution in [0.3, 0.4) is 0 Å². The maximum absolute atomic E-state index is 12.7. The van der Waals surface area contributed by atoms with E-state index in [9.17, 15) is 14.9 Å². The van der Waals surface area contributed by atoms with E-state index in [1.807, 2.05) is 4.90 Å². The van der Waals surface area contributed by atoms with E-state index in [1.165, 1.54) is 32.1 Å². The average molecular weight is 304 g/mol. The third kappa shape index (κ3) is 2.53. The smallest absolute Gasteiger partial charge is 0.311 e. The predicted molar refractivity (Wildman–Crippen MR) is 81.0 cm³/mol. The van der Waals surface area contributed by atoms with Crippen molar-refractivity contribution in [3.63, 3.8) is 0 Å². The third-order valence-electron chi connectivity index (χ3n) is 4.89. The first-order valence-electron chi connectivity index (χ1n) is 7.75. The molecule has 2 fully saturated rings. The first kappa shape index (κ1) is 14.8. The summed E-state index contributed by atoms with van der Waals surface area (Å²) in [5.74, 6) is 0.685. The molecule has 1 amide bonds. The quantitative estimate of drug-likeness (QED) is 0.635. The molecule has 118 valence electrons. The number of nitrogens with zero attached hydrogens (tertiary/aromatic N) is 2. The van der Waals surface area contributed by atoms with Gasteiger partial charge in [-0.25, -0.2) is 0 Å². The summed E-state index contributed by atoms with van der Waals surface area (Å²) in [6.45, 7) is 0.758. The molecule has 6 nitrogen and oxygen atoms in total. The number of likely N-dealkylation sites (tertiary alicyclic amines) is 1. The summed E-state index contributed by atoms with van der Waals surface area (Å²) in [5.41, 5.74) is 0.214. The fourth-order valence-corrected chi connectivity index (χ4v) is 3.79. The Bertz CT molecular complexity index is 602. The molecule has 0 spiro atoms. The Morgan fingerprint density at radius 1 is 1.32 bits per heavy atom. The van der Waals surface area contributed by atoms with E-state index in [0.717, 1.165) is 25.8 Å². The lowest BCUT2D eigenvalue weighted by atomic mass is 9.85. The Hall–Kier alpha value is -2.11. The Labute approximate surface area is 129 Å². The Morgan fingerprint density at radius 2 is 2.09 bits per heavy atom. The van der Waals surface area contributed by atoms with Gasteiger partial charge in [-0.1, -0.05) is 12.8 Å². The fraction of sp³-hybridized carbons (Fsp3) is 0.562. The lowest BCUT2D eigenvalue weighted by Gasteiger charge is -2.31. The number of carbonyl (C=O) groups is 1. The van der Waals surface area contributed by atoms with Crippen LogP contribution in [-0.4, -0.2) is 35.4 Å². The molecule has 6 heteroatoms. The molecule has 1 aliphatic carbocycles. The van der Waals surface area contributed by atoms with Gasteiger partial charge in [0.25, 0.3) is 5.91 Å².